The molecule has 0 aliphatic carbocycles. The molecule has 1 aliphatic heterocycles. The van der Waals surface area contributed by atoms with Gasteiger partial charge in [0.1, 0.15) is 5.82 Å². The molecule has 0 aromatic heterocycles. The normalized spacial score (nSPS) is 19.7. The van der Waals surface area contributed by atoms with Crippen LogP contribution < -0.4 is 5.73 Å². The van der Waals surface area contributed by atoms with Gasteiger partial charge in [0, 0.05) is 23.6 Å². The van der Waals surface area contributed by atoms with E-state index in [0.717, 1.165) is 12.8 Å². The maximum atomic E-state index is 13.2. The van der Waals surface area contributed by atoms with Gasteiger partial charge in [-0.3, -0.25) is 4.79 Å². The summed E-state index contributed by atoms with van der Waals surface area (Å²) in [6.07, 6.45) is 1.88. The average Bonchev–Trinajstić information content (AvgIpc) is 2.79. The van der Waals surface area contributed by atoms with Crippen molar-refractivity contribution < 1.29 is 9.18 Å². The third-order valence-electron chi connectivity index (χ3n) is 3.07. The Bertz CT molecular complexity index is 439. The van der Waals surface area contributed by atoms with Crippen LogP contribution in [0, 0.1) is 5.82 Å². The molecule has 1 saturated heterocycles. The molecule has 0 bridgehead atoms. The lowest BCUT2D eigenvalue weighted by atomic mass is 10.1. The van der Waals surface area contributed by atoms with Gasteiger partial charge in [0.25, 0.3) is 5.91 Å². The zero-order valence-corrected chi connectivity index (χ0v) is 10.9. The van der Waals surface area contributed by atoms with Crippen LogP contribution in [0.5, 0.6) is 0 Å². The number of hydrogen-bond donors (Lipinski definition) is 1. The molecule has 1 aliphatic rings. The van der Waals surface area contributed by atoms with E-state index in [1.54, 1.807) is 11.0 Å². The van der Waals surface area contributed by atoms with E-state index in [9.17, 15) is 9.18 Å². The van der Waals surface area contributed by atoms with E-state index in [1.165, 1.54) is 12.1 Å². The van der Waals surface area contributed by atoms with Gasteiger partial charge in [0.15, 0.2) is 0 Å². The van der Waals surface area contributed by atoms with Crippen molar-refractivity contribution >= 4 is 21.8 Å². The van der Waals surface area contributed by atoms with Crippen LogP contribution in [0.4, 0.5) is 4.39 Å². The highest BCUT2D eigenvalue weighted by atomic mass is 79.9. The monoisotopic (exact) mass is 300 g/mol. The second-order valence-electron chi connectivity index (χ2n) is 4.15. The van der Waals surface area contributed by atoms with E-state index in [4.69, 9.17) is 5.73 Å². The lowest BCUT2D eigenvalue weighted by molar-refractivity contribution is 0.0740. The topological polar surface area (TPSA) is 46.3 Å². The lowest BCUT2D eigenvalue weighted by Gasteiger charge is -2.24. The first-order valence-electron chi connectivity index (χ1n) is 5.59. The number of halogens is 2. The zero-order chi connectivity index (χ0) is 12.4. The van der Waals surface area contributed by atoms with Gasteiger partial charge in [-0.15, -0.1) is 0 Å². The fourth-order valence-electron chi connectivity index (χ4n) is 2.16. The van der Waals surface area contributed by atoms with Crippen LogP contribution in [0.3, 0.4) is 0 Å². The van der Waals surface area contributed by atoms with Gasteiger partial charge in [0.05, 0.1) is 5.56 Å². The van der Waals surface area contributed by atoms with Crippen molar-refractivity contribution in [3.05, 3.63) is 34.1 Å². The van der Waals surface area contributed by atoms with E-state index >= 15 is 0 Å². The summed E-state index contributed by atoms with van der Waals surface area (Å²) in [5.41, 5.74) is 5.99. The van der Waals surface area contributed by atoms with Crippen LogP contribution in [0.1, 0.15) is 23.2 Å². The zero-order valence-electron chi connectivity index (χ0n) is 9.33. The molecule has 2 N–H and O–H groups in total. The van der Waals surface area contributed by atoms with E-state index in [2.05, 4.69) is 15.9 Å². The molecule has 1 atom stereocenters. The molecule has 1 amide bonds. The lowest BCUT2D eigenvalue weighted by Crippen LogP contribution is -2.40. The molecule has 3 nitrogen and oxygen atoms in total. The fourth-order valence-corrected chi connectivity index (χ4v) is 2.58. The number of nitrogens with two attached hydrogens (primary N) is 1. The summed E-state index contributed by atoms with van der Waals surface area (Å²) in [4.78, 5) is 14.0. The Labute approximate surface area is 108 Å². The fraction of sp³-hybridized carbons (Fsp3) is 0.417. The largest absolute Gasteiger partial charge is 0.334 e. The van der Waals surface area contributed by atoms with E-state index in [0.29, 0.717) is 23.1 Å². The summed E-state index contributed by atoms with van der Waals surface area (Å²) in [6, 6.07) is 4.22. The molecule has 0 unspecified atom stereocenters. The highest BCUT2D eigenvalue weighted by molar-refractivity contribution is 9.10. The molecule has 1 aromatic carbocycles. The van der Waals surface area contributed by atoms with Crippen molar-refractivity contribution in [3.8, 4) is 0 Å². The van der Waals surface area contributed by atoms with Crippen molar-refractivity contribution in [3.63, 3.8) is 0 Å². The molecule has 5 heteroatoms. The van der Waals surface area contributed by atoms with Crippen molar-refractivity contribution in [2.24, 2.45) is 5.73 Å². The molecule has 1 heterocycles. The first-order chi connectivity index (χ1) is 8.13. The highest BCUT2D eigenvalue weighted by Gasteiger charge is 2.29. The summed E-state index contributed by atoms with van der Waals surface area (Å²) in [5, 5.41) is 0. The summed E-state index contributed by atoms with van der Waals surface area (Å²) >= 11 is 3.27. The first-order valence-corrected chi connectivity index (χ1v) is 6.39. The predicted octanol–water partition coefficient (Wildman–Crippen LogP) is 2.15. The van der Waals surface area contributed by atoms with E-state index < -0.39 is 5.82 Å². The maximum Gasteiger partial charge on any atom is 0.255 e. The van der Waals surface area contributed by atoms with Crippen LogP contribution in [-0.2, 0) is 0 Å². The summed E-state index contributed by atoms with van der Waals surface area (Å²) < 4.78 is 13.8. The quantitative estimate of drug-likeness (QED) is 0.910. The number of carbonyl (C=O) groups excluding carboxylic acids is 1. The maximum absolute atomic E-state index is 13.2. The summed E-state index contributed by atoms with van der Waals surface area (Å²) in [5.74, 6) is -0.552. The minimum Gasteiger partial charge on any atom is -0.334 e. The number of benzene rings is 1. The second kappa shape index (κ2) is 5.14. The number of amides is 1. The van der Waals surface area contributed by atoms with Crippen LogP contribution >= 0.6 is 15.9 Å². The highest BCUT2D eigenvalue weighted by Crippen LogP contribution is 2.24. The molecule has 0 radical (unpaired) electrons. The van der Waals surface area contributed by atoms with Crippen molar-refractivity contribution in [1.82, 2.24) is 4.90 Å². The number of rotatable bonds is 2. The van der Waals surface area contributed by atoms with Gasteiger partial charge in [0.2, 0.25) is 0 Å². The first kappa shape index (κ1) is 12.5. The molecular formula is C12H14BrFN2O. The molecular weight excluding hydrogens is 287 g/mol. The molecule has 92 valence electrons. The van der Waals surface area contributed by atoms with Crippen molar-refractivity contribution in [2.45, 2.75) is 18.9 Å². The van der Waals surface area contributed by atoms with Crippen molar-refractivity contribution in [1.29, 1.82) is 0 Å². The molecule has 0 saturated carbocycles. The third kappa shape index (κ3) is 2.50. The predicted molar refractivity (Wildman–Crippen MR) is 67.2 cm³/mol. The Morgan fingerprint density at radius 3 is 3.06 bits per heavy atom. The number of likely N-dealkylation sites (tertiary alicyclic amines) is 1. The summed E-state index contributed by atoms with van der Waals surface area (Å²) in [6.45, 7) is 1.16. The van der Waals surface area contributed by atoms with Gasteiger partial charge in [-0.2, -0.15) is 0 Å². The Hall–Kier alpha value is -0.940. The minimum atomic E-state index is -0.403. The average molecular weight is 301 g/mol. The van der Waals surface area contributed by atoms with Gasteiger partial charge in [-0.25, -0.2) is 4.39 Å². The Kier molecular flexibility index (Phi) is 3.79. The van der Waals surface area contributed by atoms with Gasteiger partial charge in [-0.1, -0.05) is 0 Å². The molecule has 1 aromatic rings. The second-order valence-corrected chi connectivity index (χ2v) is 5.01. The van der Waals surface area contributed by atoms with Gasteiger partial charge < -0.3 is 10.6 Å². The van der Waals surface area contributed by atoms with Crippen LogP contribution in [0.15, 0.2) is 22.7 Å². The molecule has 2 rings (SSSR count). The van der Waals surface area contributed by atoms with Crippen LogP contribution in [0.2, 0.25) is 0 Å². The number of hydrogen-bond acceptors (Lipinski definition) is 2. The van der Waals surface area contributed by atoms with Crippen molar-refractivity contribution in [2.75, 3.05) is 13.1 Å². The Balaban J connectivity index is 2.27. The molecule has 1 fully saturated rings. The van der Waals surface area contributed by atoms with E-state index in [-0.39, 0.29) is 11.9 Å². The van der Waals surface area contributed by atoms with Crippen LogP contribution in [-0.4, -0.2) is 29.9 Å². The Morgan fingerprint density at radius 1 is 1.59 bits per heavy atom. The number of nitrogens with zero attached hydrogens (tertiary/aromatic N) is 1. The standard InChI is InChI=1S/C12H14BrFN2O/c13-11-4-3-8(14)6-10(11)12(17)16-5-1-2-9(16)7-15/h3-4,6,9H,1-2,5,7,15H2/t9-/m0/s1. The SMILES string of the molecule is NC[C@@H]1CCCN1C(=O)c1cc(F)ccc1Br. The van der Waals surface area contributed by atoms with Gasteiger partial charge >= 0.3 is 0 Å². The summed E-state index contributed by atoms with van der Waals surface area (Å²) in [7, 11) is 0. The minimum absolute atomic E-state index is 0.0812. The van der Waals surface area contributed by atoms with Crippen LogP contribution in [0.25, 0.3) is 0 Å². The Morgan fingerprint density at radius 2 is 2.35 bits per heavy atom. The smallest absolute Gasteiger partial charge is 0.255 e. The third-order valence-corrected chi connectivity index (χ3v) is 3.76. The molecule has 17 heavy (non-hydrogen) atoms. The molecule has 0 spiro atoms. The van der Waals surface area contributed by atoms with Gasteiger partial charge in [-0.05, 0) is 47.0 Å². The number of carbonyl (C=O) groups is 1. The van der Waals surface area contributed by atoms with E-state index in [1.807, 2.05) is 0 Å².